The number of fused-ring (bicyclic) bond motifs is 1. The van der Waals surface area contributed by atoms with Gasteiger partial charge in [0.25, 0.3) is 5.91 Å². The Labute approximate surface area is 292 Å². The average Bonchev–Trinajstić information content (AvgIpc) is 3.63. The molecule has 50 heavy (non-hydrogen) atoms. The van der Waals surface area contributed by atoms with Crippen molar-refractivity contribution < 1.29 is 19.1 Å². The highest BCUT2D eigenvalue weighted by molar-refractivity contribution is 6.09. The van der Waals surface area contributed by atoms with Crippen molar-refractivity contribution in [3.05, 3.63) is 102 Å². The van der Waals surface area contributed by atoms with Crippen molar-refractivity contribution in [2.24, 2.45) is 0 Å². The Morgan fingerprint density at radius 1 is 0.860 bits per heavy atom. The zero-order chi connectivity index (χ0) is 35.1. The summed E-state index contributed by atoms with van der Waals surface area (Å²) in [4.78, 5) is 38.2. The predicted molar refractivity (Wildman–Crippen MR) is 198 cm³/mol. The van der Waals surface area contributed by atoms with Crippen molar-refractivity contribution in [1.82, 2.24) is 20.2 Å². The van der Waals surface area contributed by atoms with Gasteiger partial charge in [0.05, 0.1) is 24.0 Å². The van der Waals surface area contributed by atoms with Crippen LogP contribution in [0.3, 0.4) is 0 Å². The predicted octanol–water partition coefficient (Wildman–Crippen LogP) is 7.94. The van der Waals surface area contributed by atoms with Crippen LogP contribution in [0, 0.1) is 0 Å². The first-order valence-corrected chi connectivity index (χ1v) is 16.8. The molecule has 0 bridgehead atoms. The fourth-order valence-corrected chi connectivity index (χ4v) is 5.94. The number of rotatable bonds is 11. The normalized spacial score (nSPS) is 13.1. The molecule has 1 aliphatic rings. The minimum absolute atomic E-state index is 0.246. The molecular formula is C39H43N7O4. The first-order chi connectivity index (χ1) is 24.2. The van der Waals surface area contributed by atoms with Crippen LogP contribution in [-0.2, 0) is 5.41 Å². The van der Waals surface area contributed by atoms with Crippen molar-refractivity contribution in [3.8, 4) is 17.4 Å². The van der Waals surface area contributed by atoms with E-state index in [1.165, 1.54) is 20.0 Å². The first-order valence-electron chi connectivity index (χ1n) is 16.8. The molecule has 4 N–H and O–H groups in total. The Morgan fingerprint density at radius 2 is 1.58 bits per heavy atom. The van der Waals surface area contributed by atoms with Crippen molar-refractivity contribution in [2.75, 3.05) is 49.2 Å². The van der Waals surface area contributed by atoms with Gasteiger partial charge in [-0.25, -0.2) is 9.78 Å². The lowest BCUT2D eigenvalue weighted by Gasteiger charge is -2.24. The van der Waals surface area contributed by atoms with E-state index in [9.17, 15) is 9.59 Å². The van der Waals surface area contributed by atoms with Crippen LogP contribution < -0.4 is 30.7 Å². The van der Waals surface area contributed by atoms with Crippen molar-refractivity contribution in [2.45, 2.75) is 39.0 Å². The van der Waals surface area contributed by atoms with Gasteiger partial charge in [-0.3, -0.25) is 4.79 Å². The van der Waals surface area contributed by atoms with Crippen molar-refractivity contribution >= 4 is 45.7 Å². The van der Waals surface area contributed by atoms with Gasteiger partial charge in [-0.15, -0.1) is 0 Å². The molecule has 1 aromatic heterocycles. The molecule has 0 unspecified atom stereocenters. The summed E-state index contributed by atoms with van der Waals surface area (Å²) in [5.74, 6) is 1.39. The molecule has 6 rings (SSSR count). The Morgan fingerprint density at radius 3 is 2.32 bits per heavy atom. The number of aromatic nitrogens is 2. The van der Waals surface area contributed by atoms with Gasteiger partial charge >= 0.3 is 6.03 Å². The summed E-state index contributed by atoms with van der Waals surface area (Å²) >= 11 is 0. The van der Waals surface area contributed by atoms with Crippen LogP contribution in [0.2, 0.25) is 0 Å². The van der Waals surface area contributed by atoms with Crippen LogP contribution in [-0.4, -0.2) is 60.1 Å². The summed E-state index contributed by atoms with van der Waals surface area (Å²) in [6, 6.07) is 25.8. The number of urea groups is 1. The summed E-state index contributed by atoms with van der Waals surface area (Å²) in [5, 5.41) is 13.7. The summed E-state index contributed by atoms with van der Waals surface area (Å²) in [5.41, 5.74) is 2.80. The standard InChI is InChI=1S/C39H43N7O4/c1-39(2,3)26-24-30(36(47)40-20-23-46-21-10-11-22-46)35(49-4)32(25-26)44-38(48)43-31-16-17-33(29-15-9-8-14-28(29)31)50-34-18-19-41-37(45-34)42-27-12-6-5-7-13-27/h5-9,12-19,24-25H,10-11,20-23H2,1-4H3,(H,40,47)(H,41,42,45)(H2,43,44,48). The number of carbonyl (C=O) groups excluding carboxylic acids is 2. The summed E-state index contributed by atoms with van der Waals surface area (Å²) in [6.45, 7) is 9.62. The van der Waals surface area contributed by atoms with Gasteiger partial charge in [0.15, 0.2) is 5.75 Å². The number of methoxy groups -OCH3 is 1. The third-order valence-corrected chi connectivity index (χ3v) is 8.57. The zero-order valence-electron chi connectivity index (χ0n) is 28.9. The van der Waals surface area contributed by atoms with Crippen molar-refractivity contribution in [1.29, 1.82) is 0 Å². The fraction of sp³-hybridized carbons (Fsp3) is 0.282. The molecule has 5 aromatic rings. The number of anilines is 4. The second kappa shape index (κ2) is 15.3. The number of hydrogen-bond donors (Lipinski definition) is 4. The van der Waals surface area contributed by atoms with E-state index in [2.05, 4.69) is 56.9 Å². The van der Waals surface area contributed by atoms with Gasteiger partial charge in [0.1, 0.15) is 5.75 Å². The topological polar surface area (TPSA) is 130 Å². The van der Waals surface area contributed by atoms with Crippen LogP contribution >= 0.6 is 0 Å². The maximum atomic E-state index is 13.6. The van der Waals surface area contributed by atoms with E-state index in [4.69, 9.17) is 9.47 Å². The fourth-order valence-electron chi connectivity index (χ4n) is 5.94. The molecule has 1 saturated heterocycles. The average molecular weight is 674 g/mol. The molecular weight excluding hydrogens is 630 g/mol. The van der Waals surface area contributed by atoms with E-state index in [1.807, 2.05) is 66.7 Å². The highest BCUT2D eigenvalue weighted by Crippen LogP contribution is 2.37. The molecule has 4 aromatic carbocycles. The minimum atomic E-state index is -0.485. The largest absolute Gasteiger partial charge is 0.494 e. The number of amides is 3. The quantitative estimate of drug-likeness (QED) is 0.111. The number of para-hydroxylation sites is 1. The van der Waals surface area contributed by atoms with E-state index < -0.39 is 6.03 Å². The van der Waals surface area contributed by atoms with Gasteiger partial charge in [0, 0.05) is 41.8 Å². The van der Waals surface area contributed by atoms with Crippen LogP contribution in [0.15, 0.2) is 91.1 Å². The Bertz CT molecular complexity index is 1970. The molecule has 0 spiro atoms. The van der Waals surface area contributed by atoms with E-state index >= 15 is 0 Å². The number of carbonyl (C=O) groups is 2. The molecule has 0 saturated carbocycles. The molecule has 0 aliphatic carbocycles. The maximum Gasteiger partial charge on any atom is 0.323 e. The SMILES string of the molecule is COc1c(NC(=O)Nc2ccc(Oc3ccnc(Nc4ccccc4)n3)c3ccccc23)cc(C(C)(C)C)cc1C(=O)NCCN1CCCC1. The number of likely N-dealkylation sites (tertiary alicyclic amines) is 1. The Kier molecular flexibility index (Phi) is 10.4. The zero-order valence-corrected chi connectivity index (χ0v) is 28.9. The molecule has 1 fully saturated rings. The van der Waals surface area contributed by atoms with Gasteiger partial charge in [-0.1, -0.05) is 63.2 Å². The monoisotopic (exact) mass is 673 g/mol. The van der Waals surface area contributed by atoms with Crippen LogP contribution in [0.5, 0.6) is 17.4 Å². The third-order valence-electron chi connectivity index (χ3n) is 8.57. The molecule has 258 valence electrons. The molecule has 0 radical (unpaired) electrons. The smallest absolute Gasteiger partial charge is 0.323 e. The lowest BCUT2D eigenvalue weighted by molar-refractivity contribution is 0.0946. The van der Waals surface area contributed by atoms with E-state index in [1.54, 1.807) is 24.4 Å². The van der Waals surface area contributed by atoms with Crippen LogP contribution in [0.4, 0.5) is 27.8 Å². The molecule has 2 heterocycles. The van der Waals surface area contributed by atoms with E-state index in [-0.39, 0.29) is 11.3 Å². The third kappa shape index (κ3) is 8.30. The molecule has 11 heteroatoms. The lowest BCUT2D eigenvalue weighted by atomic mass is 9.85. The molecule has 11 nitrogen and oxygen atoms in total. The van der Waals surface area contributed by atoms with Gasteiger partial charge in [-0.2, -0.15) is 4.98 Å². The number of ether oxygens (including phenoxy) is 2. The van der Waals surface area contributed by atoms with Crippen molar-refractivity contribution in [3.63, 3.8) is 0 Å². The van der Waals surface area contributed by atoms with E-state index in [0.29, 0.717) is 46.8 Å². The van der Waals surface area contributed by atoms with Gasteiger partial charge in [-0.05, 0) is 73.3 Å². The number of nitrogens with zero attached hydrogens (tertiary/aromatic N) is 3. The number of benzene rings is 4. The van der Waals surface area contributed by atoms with Gasteiger partial charge in [0.2, 0.25) is 11.8 Å². The second-order valence-corrected chi connectivity index (χ2v) is 13.2. The van der Waals surface area contributed by atoms with Crippen LogP contribution in [0.1, 0.15) is 49.5 Å². The van der Waals surface area contributed by atoms with Crippen LogP contribution in [0.25, 0.3) is 10.8 Å². The molecule has 1 aliphatic heterocycles. The summed E-state index contributed by atoms with van der Waals surface area (Å²) in [6.07, 6.45) is 4.01. The Hall–Kier alpha value is -5.68. The van der Waals surface area contributed by atoms with E-state index in [0.717, 1.165) is 41.7 Å². The maximum absolute atomic E-state index is 13.6. The summed E-state index contributed by atoms with van der Waals surface area (Å²) in [7, 11) is 1.50. The van der Waals surface area contributed by atoms with Gasteiger partial charge < -0.3 is 35.6 Å². The lowest BCUT2D eigenvalue weighted by Crippen LogP contribution is -2.34. The molecule has 3 amide bonds. The first kappa shape index (κ1) is 34.2. The highest BCUT2D eigenvalue weighted by Gasteiger charge is 2.24. The number of hydrogen-bond acceptors (Lipinski definition) is 8. The number of nitrogens with one attached hydrogen (secondary N) is 4. The highest BCUT2D eigenvalue weighted by atomic mass is 16.5. The summed E-state index contributed by atoms with van der Waals surface area (Å²) < 4.78 is 12.0. The second-order valence-electron chi connectivity index (χ2n) is 13.2. The minimum Gasteiger partial charge on any atom is -0.494 e. The molecule has 0 atom stereocenters. The Balaban J connectivity index is 1.21.